The molecule has 0 atom stereocenters. The monoisotopic (exact) mass is 296 g/mol. The number of hydrogen-bond acceptors (Lipinski definition) is 4. The van der Waals surface area contributed by atoms with Gasteiger partial charge in [-0.2, -0.15) is 0 Å². The lowest BCUT2D eigenvalue weighted by atomic mass is 10.1. The Hall–Kier alpha value is -2.82. The molecule has 1 aromatic carbocycles. The molecule has 0 aliphatic carbocycles. The molecule has 0 unspecified atom stereocenters. The van der Waals surface area contributed by atoms with Crippen LogP contribution >= 0.6 is 0 Å². The van der Waals surface area contributed by atoms with Crippen molar-refractivity contribution in [1.29, 1.82) is 0 Å². The average Bonchev–Trinajstić information content (AvgIpc) is 3.08. The Balaban J connectivity index is 1.75. The van der Waals surface area contributed by atoms with Crippen LogP contribution < -0.4 is 5.32 Å². The molecule has 0 spiro atoms. The molecule has 2 aromatic rings. The fourth-order valence-electron chi connectivity index (χ4n) is 2.28. The summed E-state index contributed by atoms with van der Waals surface area (Å²) in [5.41, 5.74) is 3.36. The number of benzene rings is 1. The number of carbonyl (C=O) groups is 2. The van der Waals surface area contributed by atoms with E-state index < -0.39 is 0 Å². The van der Waals surface area contributed by atoms with Gasteiger partial charge in [0, 0.05) is 11.8 Å². The molecule has 112 valence electrons. The van der Waals surface area contributed by atoms with Crippen LogP contribution in [-0.4, -0.2) is 16.7 Å². The van der Waals surface area contributed by atoms with Crippen molar-refractivity contribution in [2.24, 2.45) is 0 Å². The van der Waals surface area contributed by atoms with Crippen LogP contribution in [0.2, 0.25) is 0 Å². The minimum absolute atomic E-state index is 0.138. The first kappa shape index (κ1) is 14.1. The lowest BCUT2D eigenvalue weighted by Crippen LogP contribution is -2.31. The summed E-state index contributed by atoms with van der Waals surface area (Å²) in [6, 6.07) is 9.26. The van der Waals surface area contributed by atoms with Crippen molar-refractivity contribution in [3.63, 3.8) is 0 Å². The van der Waals surface area contributed by atoms with Crippen molar-refractivity contribution in [2.75, 3.05) is 5.32 Å². The summed E-state index contributed by atoms with van der Waals surface area (Å²) in [6.07, 6.45) is 2.84. The van der Waals surface area contributed by atoms with E-state index in [0.717, 1.165) is 16.2 Å². The van der Waals surface area contributed by atoms with Crippen molar-refractivity contribution in [3.05, 3.63) is 65.3 Å². The lowest BCUT2D eigenvalue weighted by molar-refractivity contribution is -0.138. The fourth-order valence-corrected chi connectivity index (χ4v) is 2.28. The lowest BCUT2D eigenvalue weighted by Gasteiger charge is -2.14. The number of imide groups is 1. The standard InChI is InChI=1S/C17H16N2O3/c1-11-5-6-13(8-12(11)2)18-15-9-16(20)19(17(15)21)10-14-4-3-7-22-14/h3-9,18H,10H2,1-2H3. The van der Waals surface area contributed by atoms with Crippen molar-refractivity contribution < 1.29 is 14.0 Å². The van der Waals surface area contributed by atoms with E-state index in [1.165, 1.54) is 17.9 Å². The van der Waals surface area contributed by atoms with Crippen molar-refractivity contribution in [1.82, 2.24) is 4.90 Å². The van der Waals surface area contributed by atoms with Gasteiger partial charge in [-0.05, 0) is 49.2 Å². The molecule has 2 heterocycles. The molecule has 5 nitrogen and oxygen atoms in total. The maximum Gasteiger partial charge on any atom is 0.277 e. The number of anilines is 1. The van der Waals surface area contributed by atoms with E-state index in [-0.39, 0.29) is 24.1 Å². The maximum atomic E-state index is 12.3. The van der Waals surface area contributed by atoms with Gasteiger partial charge in [-0.15, -0.1) is 0 Å². The van der Waals surface area contributed by atoms with Gasteiger partial charge in [0.15, 0.2) is 0 Å². The van der Waals surface area contributed by atoms with Crippen molar-refractivity contribution in [2.45, 2.75) is 20.4 Å². The van der Waals surface area contributed by atoms with Crippen LogP contribution in [0.15, 0.2) is 52.8 Å². The highest BCUT2D eigenvalue weighted by atomic mass is 16.3. The normalized spacial score (nSPS) is 14.5. The Labute approximate surface area is 128 Å². The smallest absolute Gasteiger partial charge is 0.277 e. The second-order valence-corrected chi connectivity index (χ2v) is 5.29. The Bertz CT molecular complexity index is 760. The number of carbonyl (C=O) groups excluding carboxylic acids is 2. The van der Waals surface area contributed by atoms with Gasteiger partial charge in [-0.3, -0.25) is 14.5 Å². The fraction of sp³-hybridized carbons (Fsp3) is 0.176. The van der Waals surface area contributed by atoms with Gasteiger partial charge >= 0.3 is 0 Å². The van der Waals surface area contributed by atoms with E-state index in [0.29, 0.717) is 5.76 Å². The topological polar surface area (TPSA) is 62.6 Å². The number of amides is 2. The van der Waals surface area contributed by atoms with Gasteiger partial charge in [-0.25, -0.2) is 0 Å². The highest BCUT2D eigenvalue weighted by Gasteiger charge is 2.31. The highest BCUT2D eigenvalue weighted by Crippen LogP contribution is 2.21. The van der Waals surface area contributed by atoms with E-state index in [9.17, 15) is 9.59 Å². The number of nitrogens with one attached hydrogen (secondary N) is 1. The van der Waals surface area contributed by atoms with Gasteiger partial charge in [-0.1, -0.05) is 6.07 Å². The van der Waals surface area contributed by atoms with Crippen LogP contribution in [0.1, 0.15) is 16.9 Å². The molecule has 0 saturated heterocycles. The molecule has 1 N–H and O–H groups in total. The number of hydrogen-bond donors (Lipinski definition) is 1. The Morgan fingerprint density at radius 1 is 1.14 bits per heavy atom. The van der Waals surface area contributed by atoms with Gasteiger partial charge in [0.2, 0.25) is 0 Å². The van der Waals surface area contributed by atoms with Crippen LogP contribution in [-0.2, 0) is 16.1 Å². The van der Waals surface area contributed by atoms with Gasteiger partial charge in [0.05, 0.1) is 12.8 Å². The first-order valence-electron chi connectivity index (χ1n) is 6.99. The molecular formula is C17H16N2O3. The minimum atomic E-state index is -0.348. The largest absolute Gasteiger partial charge is 0.467 e. The van der Waals surface area contributed by atoms with Crippen LogP contribution in [0.4, 0.5) is 5.69 Å². The predicted octanol–water partition coefficient (Wildman–Crippen LogP) is 2.76. The number of nitrogens with zero attached hydrogens (tertiary/aromatic N) is 1. The quantitative estimate of drug-likeness (QED) is 0.881. The average molecular weight is 296 g/mol. The molecule has 2 amide bonds. The van der Waals surface area contributed by atoms with Gasteiger partial charge < -0.3 is 9.73 Å². The number of furan rings is 1. The molecule has 0 saturated carbocycles. The molecule has 0 bridgehead atoms. The molecule has 1 aliphatic rings. The second kappa shape index (κ2) is 5.52. The third-order valence-electron chi connectivity index (χ3n) is 3.69. The third kappa shape index (κ3) is 2.65. The van der Waals surface area contributed by atoms with Crippen LogP contribution in [0, 0.1) is 13.8 Å². The number of aryl methyl sites for hydroxylation is 2. The summed E-state index contributed by atoms with van der Waals surface area (Å²) >= 11 is 0. The maximum absolute atomic E-state index is 12.3. The van der Waals surface area contributed by atoms with Gasteiger partial charge in [0.1, 0.15) is 11.5 Å². The van der Waals surface area contributed by atoms with E-state index in [1.54, 1.807) is 12.1 Å². The third-order valence-corrected chi connectivity index (χ3v) is 3.69. The summed E-state index contributed by atoms with van der Waals surface area (Å²) < 4.78 is 5.18. The molecular weight excluding hydrogens is 280 g/mol. The summed E-state index contributed by atoms with van der Waals surface area (Å²) in [5.74, 6) is -0.116. The molecule has 22 heavy (non-hydrogen) atoms. The number of rotatable bonds is 4. The summed E-state index contributed by atoms with van der Waals surface area (Å²) in [4.78, 5) is 25.5. The van der Waals surface area contributed by atoms with E-state index in [1.807, 2.05) is 32.0 Å². The molecule has 5 heteroatoms. The van der Waals surface area contributed by atoms with Crippen LogP contribution in [0.3, 0.4) is 0 Å². The van der Waals surface area contributed by atoms with E-state index >= 15 is 0 Å². The molecule has 1 aromatic heterocycles. The Morgan fingerprint density at radius 3 is 2.64 bits per heavy atom. The SMILES string of the molecule is Cc1ccc(NC2=CC(=O)N(Cc3ccco3)C2=O)cc1C. The molecule has 0 fully saturated rings. The Morgan fingerprint density at radius 2 is 1.95 bits per heavy atom. The van der Waals surface area contributed by atoms with Crippen molar-refractivity contribution >= 4 is 17.5 Å². The highest BCUT2D eigenvalue weighted by molar-refractivity contribution is 6.17. The summed E-state index contributed by atoms with van der Waals surface area (Å²) in [6.45, 7) is 4.16. The zero-order valence-electron chi connectivity index (χ0n) is 12.4. The first-order valence-corrected chi connectivity index (χ1v) is 6.99. The van der Waals surface area contributed by atoms with Crippen LogP contribution in [0.5, 0.6) is 0 Å². The van der Waals surface area contributed by atoms with E-state index in [4.69, 9.17) is 4.42 Å². The first-order chi connectivity index (χ1) is 10.5. The Kier molecular flexibility index (Phi) is 3.55. The molecule has 3 rings (SSSR count). The molecule has 0 radical (unpaired) electrons. The van der Waals surface area contributed by atoms with Crippen LogP contribution in [0.25, 0.3) is 0 Å². The summed E-state index contributed by atoms with van der Waals surface area (Å²) in [5, 5.41) is 3.02. The van der Waals surface area contributed by atoms with Gasteiger partial charge in [0.25, 0.3) is 11.8 Å². The molecule has 1 aliphatic heterocycles. The minimum Gasteiger partial charge on any atom is -0.467 e. The summed E-state index contributed by atoms with van der Waals surface area (Å²) in [7, 11) is 0. The van der Waals surface area contributed by atoms with E-state index in [2.05, 4.69) is 5.32 Å². The predicted molar refractivity (Wildman–Crippen MR) is 81.9 cm³/mol. The van der Waals surface area contributed by atoms with Crippen molar-refractivity contribution in [3.8, 4) is 0 Å². The zero-order chi connectivity index (χ0) is 15.7. The zero-order valence-corrected chi connectivity index (χ0v) is 12.4. The second-order valence-electron chi connectivity index (χ2n) is 5.29.